The average molecular weight is 494 g/mol. The molecule has 0 aliphatic rings. The van der Waals surface area contributed by atoms with Crippen LogP contribution >= 0.6 is 22.9 Å². The lowest BCUT2D eigenvalue weighted by Crippen LogP contribution is -2.21. The van der Waals surface area contributed by atoms with E-state index in [0.717, 1.165) is 27.4 Å². The highest BCUT2D eigenvalue weighted by molar-refractivity contribution is 7.17. The first-order chi connectivity index (χ1) is 16.6. The fraction of sp³-hybridized carbons (Fsp3) is 0.160. The minimum Gasteiger partial charge on any atom is -0.395 e. The predicted octanol–water partition coefficient (Wildman–Crippen LogP) is 4.61. The molecule has 0 aliphatic carbocycles. The molecular weight excluding hydrogens is 470 g/mol. The van der Waals surface area contributed by atoms with Crippen LogP contribution in [0.15, 0.2) is 72.9 Å². The second-order valence-electron chi connectivity index (χ2n) is 7.47. The van der Waals surface area contributed by atoms with Gasteiger partial charge in [0.2, 0.25) is 5.95 Å². The first-order valence-electron chi connectivity index (χ1n) is 10.7. The molecule has 9 heteroatoms. The van der Waals surface area contributed by atoms with Crippen LogP contribution in [0.3, 0.4) is 0 Å². The van der Waals surface area contributed by atoms with Crippen LogP contribution in [0.2, 0.25) is 5.02 Å². The lowest BCUT2D eigenvalue weighted by atomic mass is 10.2. The Bertz CT molecular complexity index is 1260. The van der Waals surface area contributed by atoms with Crippen molar-refractivity contribution in [2.75, 3.05) is 18.5 Å². The maximum Gasteiger partial charge on any atom is 0.261 e. The molecule has 34 heavy (non-hydrogen) atoms. The molecule has 4 aromatic rings. The van der Waals surface area contributed by atoms with Crippen LogP contribution in [-0.4, -0.2) is 34.1 Å². The summed E-state index contributed by atoms with van der Waals surface area (Å²) in [6.07, 6.45) is 1.69. The fourth-order valence-corrected chi connectivity index (χ4v) is 4.38. The van der Waals surface area contributed by atoms with Gasteiger partial charge in [-0.3, -0.25) is 4.79 Å². The molecule has 0 spiro atoms. The molecule has 1 amide bonds. The number of aliphatic hydroxyl groups excluding tert-OH is 1. The Hall–Kier alpha value is -3.30. The van der Waals surface area contributed by atoms with E-state index in [2.05, 4.69) is 25.9 Å². The topological polar surface area (TPSA) is 99.2 Å². The van der Waals surface area contributed by atoms with E-state index < -0.39 is 0 Å². The number of hydrogen-bond acceptors (Lipinski definition) is 7. The van der Waals surface area contributed by atoms with Gasteiger partial charge in [-0.1, -0.05) is 35.9 Å². The molecule has 4 N–H and O–H groups in total. The standard InChI is InChI=1S/C25H24ClN5O2S/c26-19-5-1-3-17(13-19)16-29-24(33)23-8-7-22(34-23)21-9-10-28-25(31-21)30-20-6-2-4-18(14-20)15-27-11-12-32/h1-10,13-14,27,32H,11-12,15-16H2,(H,29,33)(H,28,30,31). The Kier molecular flexibility index (Phi) is 8.21. The number of nitrogens with one attached hydrogen (secondary N) is 3. The molecule has 174 valence electrons. The van der Waals surface area contributed by atoms with Crippen LogP contribution in [0.25, 0.3) is 10.6 Å². The highest BCUT2D eigenvalue weighted by Crippen LogP contribution is 2.27. The van der Waals surface area contributed by atoms with Crippen molar-refractivity contribution in [3.8, 4) is 10.6 Å². The SMILES string of the molecule is O=C(NCc1cccc(Cl)c1)c1ccc(-c2ccnc(Nc3cccc(CNCCO)c3)n2)s1. The number of benzene rings is 2. The van der Waals surface area contributed by atoms with Crippen LogP contribution in [0, 0.1) is 0 Å². The summed E-state index contributed by atoms with van der Waals surface area (Å²) >= 11 is 7.38. The Morgan fingerprint density at radius 1 is 1.00 bits per heavy atom. The number of halogens is 1. The van der Waals surface area contributed by atoms with Crippen molar-refractivity contribution < 1.29 is 9.90 Å². The van der Waals surface area contributed by atoms with Gasteiger partial charge in [0.25, 0.3) is 5.91 Å². The van der Waals surface area contributed by atoms with E-state index in [4.69, 9.17) is 16.7 Å². The quantitative estimate of drug-likeness (QED) is 0.241. The highest BCUT2D eigenvalue weighted by atomic mass is 35.5. The van der Waals surface area contributed by atoms with Gasteiger partial charge < -0.3 is 21.1 Å². The minimum absolute atomic E-state index is 0.104. The summed E-state index contributed by atoms with van der Waals surface area (Å²) in [5, 5.41) is 18.9. The van der Waals surface area contributed by atoms with Gasteiger partial charge in [-0.25, -0.2) is 9.97 Å². The third kappa shape index (κ3) is 6.61. The van der Waals surface area contributed by atoms with Crippen LogP contribution in [0.5, 0.6) is 0 Å². The van der Waals surface area contributed by atoms with Crippen LogP contribution in [0.1, 0.15) is 20.8 Å². The van der Waals surface area contributed by atoms with Crippen molar-refractivity contribution in [3.05, 3.63) is 94.0 Å². The predicted molar refractivity (Wildman–Crippen MR) is 136 cm³/mol. The van der Waals surface area contributed by atoms with Gasteiger partial charge in [0.1, 0.15) is 0 Å². The zero-order chi connectivity index (χ0) is 23.8. The molecule has 0 bridgehead atoms. The average Bonchev–Trinajstić information content (AvgIpc) is 3.34. The molecule has 2 aromatic carbocycles. The normalized spacial score (nSPS) is 10.8. The van der Waals surface area contributed by atoms with Crippen molar-refractivity contribution in [1.82, 2.24) is 20.6 Å². The van der Waals surface area contributed by atoms with Crippen molar-refractivity contribution in [1.29, 1.82) is 0 Å². The van der Waals surface area contributed by atoms with Crippen LogP contribution in [-0.2, 0) is 13.1 Å². The van der Waals surface area contributed by atoms with Crippen LogP contribution in [0.4, 0.5) is 11.6 Å². The third-order valence-electron chi connectivity index (χ3n) is 4.88. The molecule has 2 heterocycles. The Morgan fingerprint density at radius 3 is 2.65 bits per heavy atom. The monoisotopic (exact) mass is 493 g/mol. The second-order valence-corrected chi connectivity index (χ2v) is 8.99. The molecule has 0 radical (unpaired) electrons. The Morgan fingerprint density at radius 2 is 1.82 bits per heavy atom. The smallest absolute Gasteiger partial charge is 0.261 e. The summed E-state index contributed by atoms with van der Waals surface area (Å²) < 4.78 is 0. The molecule has 0 atom stereocenters. The number of aromatic nitrogens is 2. The fourth-order valence-electron chi connectivity index (χ4n) is 3.27. The van der Waals surface area contributed by atoms with Gasteiger partial charge in [-0.05, 0) is 53.6 Å². The lowest BCUT2D eigenvalue weighted by Gasteiger charge is -2.08. The van der Waals surface area contributed by atoms with E-state index in [0.29, 0.717) is 35.5 Å². The van der Waals surface area contributed by atoms with Gasteiger partial charge in [0.15, 0.2) is 0 Å². The molecule has 0 saturated heterocycles. The summed E-state index contributed by atoms with van der Waals surface area (Å²) in [4.78, 5) is 23.0. The van der Waals surface area contributed by atoms with E-state index >= 15 is 0 Å². The molecule has 4 rings (SSSR count). The summed E-state index contributed by atoms with van der Waals surface area (Å²) in [5.41, 5.74) is 3.63. The number of anilines is 2. The van der Waals surface area contributed by atoms with Gasteiger partial charge in [0.05, 0.1) is 22.1 Å². The van der Waals surface area contributed by atoms with Crippen molar-refractivity contribution >= 4 is 40.5 Å². The number of amides is 1. The molecule has 0 fully saturated rings. The van der Waals surface area contributed by atoms with Gasteiger partial charge >= 0.3 is 0 Å². The third-order valence-corrected chi connectivity index (χ3v) is 6.22. The van der Waals surface area contributed by atoms with Gasteiger partial charge in [-0.2, -0.15) is 0 Å². The largest absolute Gasteiger partial charge is 0.395 e. The molecular formula is C25H24ClN5O2S. The Labute approximate surface area is 206 Å². The summed E-state index contributed by atoms with van der Waals surface area (Å²) in [7, 11) is 0. The van der Waals surface area contributed by atoms with Crippen LogP contribution < -0.4 is 16.0 Å². The van der Waals surface area contributed by atoms with Crippen molar-refractivity contribution in [2.45, 2.75) is 13.1 Å². The molecule has 0 aliphatic heterocycles. The highest BCUT2D eigenvalue weighted by Gasteiger charge is 2.12. The molecule has 7 nitrogen and oxygen atoms in total. The number of hydrogen-bond donors (Lipinski definition) is 4. The minimum atomic E-state index is -0.143. The maximum atomic E-state index is 12.6. The number of nitrogens with zero attached hydrogens (tertiary/aromatic N) is 2. The number of rotatable bonds is 10. The van der Waals surface area contributed by atoms with Gasteiger partial charge in [0, 0.05) is 36.5 Å². The zero-order valence-corrected chi connectivity index (χ0v) is 19.9. The lowest BCUT2D eigenvalue weighted by molar-refractivity contribution is 0.0955. The number of aliphatic hydroxyl groups is 1. The first kappa shape index (κ1) is 23.8. The zero-order valence-electron chi connectivity index (χ0n) is 18.3. The van der Waals surface area contributed by atoms with Crippen molar-refractivity contribution in [3.63, 3.8) is 0 Å². The van der Waals surface area contributed by atoms with E-state index in [-0.39, 0.29) is 12.5 Å². The first-order valence-corrected chi connectivity index (χ1v) is 11.9. The maximum absolute atomic E-state index is 12.6. The van der Waals surface area contributed by atoms with Crippen molar-refractivity contribution in [2.24, 2.45) is 0 Å². The molecule has 0 unspecified atom stereocenters. The number of thiophene rings is 1. The van der Waals surface area contributed by atoms with Gasteiger partial charge in [-0.15, -0.1) is 11.3 Å². The number of carbonyl (C=O) groups is 1. The van der Waals surface area contributed by atoms with E-state index in [1.807, 2.05) is 54.6 Å². The second kappa shape index (κ2) is 11.7. The number of carbonyl (C=O) groups excluding carboxylic acids is 1. The summed E-state index contributed by atoms with van der Waals surface area (Å²) in [6.45, 7) is 1.72. The molecule has 2 aromatic heterocycles. The van der Waals surface area contributed by atoms with E-state index in [9.17, 15) is 4.79 Å². The van der Waals surface area contributed by atoms with E-state index in [1.54, 1.807) is 18.3 Å². The summed E-state index contributed by atoms with van der Waals surface area (Å²) in [6, 6.07) is 20.8. The summed E-state index contributed by atoms with van der Waals surface area (Å²) in [5.74, 6) is 0.327. The molecule has 0 saturated carbocycles. The Balaban J connectivity index is 1.40. The van der Waals surface area contributed by atoms with E-state index in [1.165, 1.54) is 11.3 Å².